The Morgan fingerprint density at radius 3 is 2.84 bits per heavy atom. The summed E-state index contributed by atoms with van der Waals surface area (Å²) in [7, 11) is 0. The maximum atomic E-state index is 12.6. The Bertz CT molecular complexity index is 1020. The van der Waals surface area contributed by atoms with Crippen molar-refractivity contribution in [1.82, 2.24) is 14.9 Å². The molecule has 0 unspecified atom stereocenters. The van der Waals surface area contributed by atoms with Gasteiger partial charge in [-0.05, 0) is 49.0 Å². The van der Waals surface area contributed by atoms with Crippen LogP contribution in [-0.4, -0.2) is 39.8 Å². The summed E-state index contributed by atoms with van der Waals surface area (Å²) < 4.78 is 0. The van der Waals surface area contributed by atoms with Gasteiger partial charge in [0.2, 0.25) is 11.8 Å². The van der Waals surface area contributed by atoms with Crippen molar-refractivity contribution in [1.29, 1.82) is 0 Å². The van der Waals surface area contributed by atoms with E-state index < -0.39 is 0 Å². The molecular weight excluding hydrogens is 408 g/mol. The second-order valence-corrected chi connectivity index (χ2v) is 9.21. The van der Waals surface area contributed by atoms with Crippen LogP contribution in [0.4, 0.5) is 5.82 Å². The normalized spacial score (nSPS) is 17.9. The summed E-state index contributed by atoms with van der Waals surface area (Å²) in [6.07, 6.45) is 13.2. The average Bonchev–Trinajstić information content (AvgIpc) is 3.30. The van der Waals surface area contributed by atoms with Crippen LogP contribution in [0.3, 0.4) is 0 Å². The third kappa shape index (κ3) is 4.61. The molecule has 0 aliphatic carbocycles. The minimum Gasteiger partial charge on any atom is -0.335 e. The van der Waals surface area contributed by atoms with Gasteiger partial charge in [-0.15, -0.1) is 11.3 Å². The van der Waals surface area contributed by atoms with Gasteiger partial charge in [-0.2, -0.15) is 0 Å². The highest BCUT2D eigenvalue weighted by Crippen LogP contribution is 2.38. The van der Waals surface area contributed by atoms with E-state index in [4.69, 9.17) is 0 Å². The van der Waals surface area contributed by atoms with E-state index in [0.29, 0.717) is 18.8 Å². The van der Waals surface area contributed by atoms with Gasteiger partial charge < -0.3 is 10.2 Å². The molecule has 0 spiro atoms. The zero-order valence-electron chi connectivity index (χ0n) is 18.1. The zero-order chi connectivity index (χ0) is 21.8. The highest BCUT2D eigenvalue weighted by atomic mass is 32.1. The van der Waals surface area contributed by atoms with Crippen molar-refractivity contribution in [2.24, 2.45) is 5.41 Å². The Balaban J connectivity index is 1.40. The molecule has 7 heteroatoms. The lowest BCUT2D eigenvalue weighted by atomic mass is 9.74. The first-order valence-electron chi connectivity index (χ1n) is 10.9. The molecule has 1 N–H and O–H groups in total. The Kier molecular flexibility index (Phi) is 6.32. The summed E-state index contributed by atoms with van der Waals surface area (Å²) in [6, 6.07) is 2.04. The number of nitrogens with one attached hydrogen (secondary N) is 1. The minimum absolute atomic E-state index is 0.00651. The van der Waals surface area contributed by atoms with Crippen LogP contribution in [0.15, 0.2) is 41.6 Å². The summed E-state index contributed by atoms with van der Waals surface area (Å²) in [6.45, 7) is 5.47. The van der Waals surface area contributed by atoms with Crippen LogP contribution in [-0.2, 0) is 22.4 Å². The van der Waals surface area contributed by atoms with Gasteiger partial charge in [0.05, 0.1) is 10.4 Å². The van der Waals surface area contributed by atoms with Gasteiger partial charge in [-0.25, -0.2) is 9.97 Å². The number of carbonyl (C=O) groups is 2. The fourth-order valence-corrected chi connectivity index (χ4v) is 4.92. The highest BCUT2D eigenvalue weighted by Gasteiger charge is 2.39. The number of aromatic nitrogens is 2. The third-order valence-electron chi connectivity index (χ3n) is 6.48. The summed E-state index contributed by atoms with van der Waals surface area (Å²) >= 11 is 1.67. The van der Waals surface area contributed by atoms with Crippen LogP contribution in [0.5, 0.6) is 0 Å². The number of amides is 2. The first-order chi connectivity index (χ1) is 15.0. The van der Waals surface area contributed by atoms with Crippen LogP contribution in [0, 0.1) is 5.41 Å². The number of pyridine rings is 1. The molecule has 2 aliphatic heterocycles. The number of carbonyl (C=O) groups excluding carboxylic acids is 2. The first-order valence-corrected chi connectivity index (χ1v) is 11.7. The topological polar surface area (TPSA) is 75.2 Å². The van der Waals surface area contributed by atoms with E-state index in [1.807, 2.05) is 28.6 Å². The third-order valence-corrected chi connectivity index (χ3v) is 7.26. The first kappa shape index (κ1) is 21.4. The molecule has 2 aromatic heterocycles. The van der Waals surface area contributed by atoms with Crippen LogP contribution in [0.2, 0.25) is 0 Å². The Morgan fingerprint density at radius 1 is 1.32 bits per heavy atom. The van der Waals surface area contributed by atoms with Crippen LogP contribution >= 0.6 is 11.3 Å². The molecule has 6 nitrogen and oxygen atoms in total. The van der Waals surface area contributed by atoms with Crippen LogP contribution in [0.25, 0.3) is 6.08 Å². The fraction of sp³-hybridized carbons (Fsp3) is 0.417. The number of anilines is 1. The Hall–Kier alpha value is -2.80. The molecule has 0 bridgehead atoms. The summed E-state index contributed by atoms with van der Waals surface area (Å²) in [5.74, 6) is 0.704. The van der Waals surface area contributed by atoms with Crippen molar-refractivity contribution < 1.29 is 9.59 Å². The van der Waals surface area contributed by atoms with E-state index in [9.17, 15) is 9.59 Å². The largest absolute Gasteiger partial charge is 0.335 e. The molecule has 0 atom stereocenters. The SMILES string of the molecule is CCC1(CC)Cc2cc(/C=C/C(=O)N3CC=C(Cc4nccs4)CC3)cnc2NC1=O. The second kappa shape index (κ2) is 9.14. The average molecular weight is 437 g/mol. The molecule has 2 aliphatic rings. The smallest absolute Gasteiger partial charge is 0.246 e. The molecule has 2 aromatic rings. The molecule has 0 saturated carbocycles. The predicted molar refractivity (Wildman–Crippen MR) is 124 cm³/mol. The fourth-order valence-electron chi connectivity index (χ4n) is 4.25. The van der Waals surface area contributed by atoms with E-state index in [2.05, 4.69) is 35.2 Å². The van der Waals surface area contributed by atoms with Crippen LogP contribution in [0.1, 0.15) is 49.2 Å². The molecule has 0 saturated heterocycles. The van der Waals surface area contributed by atoms with Gasteiger partial charge in [-0.1, -0.05) is 25.5 Å². The summed E-state index contributed by atoms with van der Waals surface area (Å²) in [5.41, 5.74) is 2.88. The molecule has 0 fully saturated rings. The molecule has 0 aromatic carbocycles. The van der Waals surface area contributed by atoms with Crippen molar-refractivity contribution in [3.63, 3.8) is 0 Å². The molecule has 4 rings (SSSR count). The molecule has 2 amide bonds. The number of thiazole rings is 1. The quantitative estimate of drug-likeness (QED) is 0.542. The maximum absolute atomic E-state index is 12.6. The van der Waals surface area contributed by atoms with Crippen molar-refractivity contribution in [2.75, 3.05) is 18.4 Å². The Labute approximate surface area is 187 Å². The molecule has 162 valence electrons. The van der Waals surface area contributed by atoms with Crippen molar-refractivity contribution in [3.05, 3.63) is 57.7 Å². The van der Waals surface area contributed by atoms with Gasteiger partial charge in [0, 0.05) is 43.4 Å². The molecular formula is C24H28N4O2S. The predicted octanol–water partition coefficient (Wildman–Crippen LogP) is 4.25. The standard InChI is InChI=1S/C24H28N4O2S/c1-3-24(4-2)15-19-13-18(16-26-22(19)27-23(24)30)5-6-21(29)28-10-7-17(8-11-28)14-20-25-9-12-31-20/h5-7,9,12-13,16H,3-4,8,10-11,14-15H2,1-2H3,(H,26,27,30)/b6-5+. The minimum atomic E-state index is -0.372. The van der Waals surface area contributed by atoms with E-state index in [0.717, 1.165) is 48.4 Å². The van der Waals surface area contributed by atoms with Crippen molar-refractivity contribution in [2.45, 2.75) is 46.0 Å². The number of hydrogen-bond donors (Lipinski definition) is 1. The summed E-state index contributed by atoms with van der Waals surface area (Å²) in [5, 5.41) is 6.07. The highest BCUT2D eigenvalue weighted by molar-refractivity contribution is 7.09. The maximum Gasteiger partial charge on any atom is 0.246 e. The van der Waals surface area contributed by atoms with Gasteiger partial charge >= 0.3 is 0 Å². The number of fused-ring (bicyclic) bond motifs is 1. The van der Waals surface area contributed by atoms with Crippen LogP contribution < -0.4 is 5.32 Å². The summed E-state index contributed by atoms with van der Waals surface area (Å²) in [4.78, 5) is 35.8. The Morgan fingerprint density at radius 2 is 2.16 bits per heavy atom. The van der Waals surface area contributed by atoms with E-state index >= 15 is 0 Å². The second-order valence-electron chi connectivity index (χ2n) is 8.23. The molecule has 4 heterocycles. The van der Waals surface area contributed by atoms with E-state index in [1.165, 1.54) is 5.57 Å². The van der Waals surface area contributed by atoms with Gasteiger partial charge in [0.1, 0.15) is 5.82 Å². The lowest BCUT2D eigenvalue weighted by molar-refractivity contribution is -0.127. The number of nitrogens with zero attached hydrogens (tertiary/aromatic N) is 3. The lowest BCUT2D eigenvalue weighted by Crippen LogP contribution is -2.41. The number of rotatable bonds is 6. The lowest BCUT2D eigenvalue weighted by Gasteiger charge is -2.35. The van der Waals surface area contributed by atoms with E-state index in [1.54, 1.807) is 23.6 Å². The molecule has 31 heavy (non-hydrogen) atoms. The zero-order valence-corrected chi connectivity index (χ0v) is 18.9. The monoisotopic (exact) mass is 436 g/mol. The van der Waals surface area contributed by atoms with Gasteiger partial charge in [0.15, 0.2) is 0 Å². The van der Waals surface area contributed by atoms with Crippen molar-refractivity contribution >= 4 is 35.0 Å². The number of hydrogen-bond acceptors (Lipinski definition) is 5. The van der Waals surface area contributed by atoms with Gasteiger partial charge in [0.25, 0.3) is 0 Å². The van der Waals surface area contributed by atoms with E-state index in [-0.39, 0.29) is 17.2 Å². The van der Waals surface area contributed by atoms with Crippen molar-refractivity contribution in [3.8, 4) is 0 Å². The van der Waals surface area contributed by atoms with Gasteiger partial charge in [-0.3, -0.25) is 9.59 Å². The molecule has 0 radical (unpaired) electrons.